The number of aliphatic carboxylic acids is 1. The van der Waals surface area contributed by atoms with Gasteiger partial charge in [0.2, 0.25) is 0 Å². The number of urea groups is 1. The quantitative estimate of drug-likeness (QED) is 0.715. The van der Waals surface area contributed by atoms with Crippen molar-refractivity contribution in [3.63, 3.8) is 0 Å². The van der Waals surface area contributed by atoms with Crippen LogP contribution in [0.25, 0.3) is 0 Å². The molecule has 1 saturated heterocycles. The van der Waals surface area contributed by atoms with Crippen molar-refractivity contribution in [1.29, 1.82) is 0 Å². The second kappa shape index (κ2) is 6.92. The number of nitrogens with zero attached hydrogens (tertiary/aromatic N) is 1. The van der Waals surface area contributed by atoms with Gasteiger partial charge in [0.25, 0.3) is 0 Å². The summed E-state index contributed by atoms with van der Waals surface area (Å²) in [7, 11) is 2.10. The van der Waals surface area contributed by atoms with Crippen LogP contribution >= 0.6 is 0 Å². The molecule has 1 aliphatic heterocycles. The predicted octanol–water partition coefficient (Wildman–Crippen LogP) is 0.881. The van der Waals surface area contributed by atoms with Gasteiger partial charge in [-0.3, -0.25) is 4.79 Å². The molecule has 6 nitrogen and oxygen atoms in total. The van der Waals surface area contributed by atoms with Crippen LogP contribution in [0.2, 0.25) is 0 Å². The van der Waals surface area contributed by atoms with Gasteiger partial charge in [-0.25, -0.2) is 4.79 Å². The molecule has 0 radical (unpaired) electrons. The van der Waals surface area contributed by atoms with Gasteiger partial charge in [-0.15, -0.1) is 0 Å². The van der Waals surface area contributed by atoms with Gasteiger partial charge in [-0.2, -0.15) is 0 Å². The van der Waals surface area contributed by atoms with Crippen LogP contribution in [0.5, 0.6) is 0 Å². The topological polar surface area (TPSA) is 81.7 Å². The standard InChI is InChI=1S/C14H25N3O3/c1-17-7-3-4-10(9-17)8-15-14(20)16-12-6-2-5-11(12)13(18)19/h10-12H,2-9H2,1H3,(H,18,19)(H2,15,16,20). The molecule has 3 atom stereocenters. The molecule has 0 spiro atoms. The van der Waals surface area contributed by atoms with Crippen LogP contribution in [0.3, 0.4) is 0 Å². The Labute approximate surface area is 119 Å². The van der Waals surface area contributed by atoms with Crippen molar-refractivity contribution in [3.8, 4) is 0 Å². The summed E-state index contributed by atoms with van der Waals surface area (Å²) in [6, 6.07) is -0.446. The summed E-state index contributed by atoms with van der Waals surface area (Å²) in [5.74, 6) is -0.735. The van der Waals surface area contributed by atoms with Crippen LogP contribution < -0.4 is 10.6 Å². The van der Waals surface area contributed by atoms with E-state index in [1.165, 1.54) is 6.42 Å². The maximum Gasteiger partial charge on any atom is 0.315 e. The second-order valence-electron chi connectivity index (χ2n) is 6.11. The Hall–Kier alpha value is -1.30. The molecular weight excluding hydrogens is 258 g/mol. The number of likely N-dealkylation sites (tertiary alicyclic amines) is 1. The number of nitrogens with one attached hydrogen (secondary N) is 2. The number of piperidine rings is 1. The van der Waals surface area contributed by atoms with Crippen LogP contribution in [0.4, 0.5) is 4.79 Å². The zero-order valence-electron chi connectivity index (χ0n) is 12.1. The lowest BCUT2D eigenvalue weighted by molar-refractivity contribution is -0.142. The molecule has 1 saturated carbocycles. The van der Waals surface area contributed by atoms with Crippen molar-refractivity contribution in [3.05, 3.63) is 0 Å². The van der Waals surface area contributed by atoms with E-state index in [0.29, 0.717) is 18.9 Å². The Morgan fingerprint density at radius 3 is 2.75 bits per heavy atom. The average Bonchev–Trinajstić information content (AvgIpc) is 2.85. The smallest absolute Gasteiger partial charge is 0.315 e. The molecule has 2 aliphatic rings. The van der Waals surface area contributed by atoms with E-state index in [2.05, 4.69) is 22.6 Å². The molecule has 0 aromatic heterocycles. The summed E-state index contributed by atoms with van der Waals surface area (Å²) >= 11 is 0. The number of hydrogen-bond donors (Lipinski definition) is 3. The Morgan fingerprint density at radius 2 is 2.05 bits per heavy atom. The van der Waals surface area contributed by atoms with Crippen molar-refractivity contribution in [2.45, 2.75) is 38.1 Å². The lowest BCUT2D eigenvalue weighted by Crippen LogP contribution is -2.47. The van der Waals surface area contributed by atoms with E-state index in [0.717, 1.165) is 32.4 Å². The fourth-order valence-corrected chi connectivity index (χ4v) is 3.32. The van der Waals surface area contributed by atoms with E-state index in [1.807, 2.05) is 0 Å². The van der Waals surface area contributed by atoms with Crippen LogP contribution in [-0.2, 0) is 4.79 Å². The zero-order chi connectivity index (χ0) is 14.5. The molecule has 1 heterocycles. The zero-order valence-corrected chi connectivity index (χ0v) is 12.1. The highest BCUT2D eigenvalue weighted by molar-refractivity contribution is 5.77. The van der Waals surface area contributed by atoms with Gasteiger partial charge in [0.05, 0.1) is 5.92 Å². The number of carboxylic acids is 1. The summed E-state index contributed by atoms with van der Waals surface area (Å²) < 4.78 is 0. The first-order chi connectivity index (χ1) is 9.56. The van der Waals surface area contributed by atoms with Crippen LogP contribution in [0, 0.1) is 11.8 Å². The number of rotatable bonds is 4. The summed E-state index contributed by atoms with van der Waals surface area (Å²) in [4.78, 5) is 25.2. The highest BCUT2D eigenvalue weighted by atomic mass is 16.4. The number of carboxylic acid groups (broad SMARTS) is 1. The van der Waals surface area contributed by atoms with Crippen molar-refractivity contribution < 1.29 is 14.7 Å². The summed E-state index contributed by atoms with van der Waals surface area (Å²) in [6.45, 7) is 2.81. The molecule has 20 heavy (non-hydrogen) atoms. The van der Waals surface area contributed by atoms with Gasteiger partial charge in [0.15, 0.2) is 0 Å². The molecule has 0 aromatic rings. The minimum Gasteiger partial charge on any atom is -0.481 e. The van der Waals surface area contributed by atoms with E-state index >= 15 is 0 Å². The molecule has 0 aromatic carbocycles. The maximum atomic E-state index is 11.9. The fraction of sp³-hybridized carbons (Fsp3) is 0.857. The first-order valence-corrected chi connectivity index (χ1v) is 7.52. The predicted molar refractivity (Wildman–Crippen MR) is 75.5 cm³/mol. The highest BCUT2D eigenvalue weighted by Gasteiger charge is 2.33. The van der Waals surface area contributed by atoms with Gasteiger partial charge in [0.1, 0.15) is 0 Å². The van der Waals surface area contributed by atoms with Gasteiger partial charge < -0.3 is 20.6 Å². The molecule has 2 rings (SSSR count). The Kier molecular flexibility index (Phi) is 5.23. The average molecular weight is 283 g/mol. The van der Waals surface area contributed by atoms with Gasteiger partial charge in [-0.1, -0.05) is 6.42 Å². The second-order valence-corrected chi connectivity index (χ2v) is 6.11. The van der Waals surface area contributed by atoms with Crippen molar-refractivity contribution in [2.24, 2.45) is 11.8 Å². The highest BCUT2D eigenvalue weighted by Crippen LogP contribution is 2.25. The molecule has 6 heteroatoms. The first-order valence-electron chi connectivity index (χ1n) is 7.52. The normalized spacial score (nSPS) is 30.9. The molecule has 0 bridgehead atoms. The molecular formula is C14H25N3O3. The molecule has 114 valence electrons. The van der Waals surface area contributed by atoms with E-state index in [-0.39, 0.29) is 12.1 Å². The lowest BCUT2D eigenvalue weighted by Gasteiger charge is -2.30. The monoisotopic (exact) mass is 283 g/mol. The van der Waals surface area contributed by atoms with E-state index in [4.69, 9.17) is 5.11 Å². The third kappa shape index (κ3) is 4.10. The molecule has 3 N–H and O–H groups in total. The Morgan fingerprint density at radius 1 is 1.25 bits per heavy atom. The van der Waals surface area contributed by atoms with Crippen molar-refractivity contribution in [1.82, 2.24) is 15.5 Å². The minimum absolute atomic E-state index is 0.221. The SMILES string of the molecule is CN1CCCC(CNC(=O)NC2CCCC2C(=O)O)C1. The first kappa shape index (κ1) is 15.1. The van der Waals surface area contributed by atoms with Crippen LogP contribution in [0.1, 0.15) is 32.1 Å². The number of hydrogen-bond acceptors (Lipinski definition) is 3. The molecule has 2 fully saturated rings. The van der Waals surface area contributed by atoms with Crippen molar-refractivity contribution >= 4 is 12.0 Å². The Balaban J connectivity index is 1.71. The van der Waals surface area contributed by atoms with E-state index in [1.54, 1.807) is 0 Å². The van der Waals surface area contributed by atoms with Crippen molar-refractivity contribution in [2.75, 3.05) is 26.7 Å². The largest absolute Gasteiger partial charge is 0.481 e. The van der Waals surface area contributed by atoms with E-state index < -0.39 is 11.9 Å². The number of amides is 2. The Bertz CT molecular complexity index is 362. The third-order valence-corrected chi connectivity index (χ3v) is 4.42. The van der Waals surface area contributed by atoms with Gasteiger partial charge in [0, 0.05) is 19.1 Å². The number of carbonyl (C=O) groups excluding carboxylic acids is 1. The minimum atomic E-state index is -0.804. The lowest BCUT2D eigenvalue weighted by atomic mass is 9.98. The van der Waals surface area contributed by atoms with Gasteiger partial charge in [-0.05, 0) is 45.2 Å². The summed E-state index contributed by atoms with van der Waals surface area (Å²) in [5.41, 5.74) is 0. The molecule has 1 aliphatic carbocycles. The van der Waals surface area contributed by atoms with Crippen LogP contribution in [0.15, 0.2) is 0 Å². The molecule has 2 amide bonds. The van der Waals surface area contributed by atoms with E-state index in [9.17, 15) is 9.59 Å². The maximum absolute atomic E-state index is 11.9. The number of carbonyl (C=O) groups is 2. The molecule has 3 unspecified atom stereocenters. The van der Waals surface area contributed by atoms with Gasteiger partial charge >= 0.3 is 12.0 Å². The third-order valence-electron chi connectivity index (χ3n) is 4.42. The summed E-state index contributed by atoms with van der Waals surface area (Å²) in [5, 5.41) is 14.8. The fourth-order valence-electron chi connectivity index (χ4n) is 3.32. The summed E-state index contributed by atoms with van der Waals surface area (Å²) in [6.07, 6.45) is 4.61. The van der Waals surface area contributed by atoms with Crippen LogP contribution in [-0.4, -0.2) is 54.7 Å².